The molecule has 0 atom stereocenters. The minimum Gasteiger partial charge on any atom is -0.490 e. The average molecular weight is 379 g/mol. The summed E-state index contributed by atoms with van der Waals surface area (Å²) in [5.41, 5.74) is 1.67. The monoisotopic (exact) mass is 379 g/mol. The Balaban J connectivity index is 2.14. The minimum atomic E-state index is 0.475. The third-order valence-electron chi connectivity index (χ3n) is 2.66. The summed E-state index contributed by atoms with van der Waals surface area (Å²) < 4.78 is 12.5. The standard InChI is InChI=1S/C16H14INO2/c1-2-19-16-9-12(10-18)6-7-15(16)20-11-13-4-3-5-14(17)8-13/h3-9H,2,11H2,1H3. The van der Waals surface area contributed by atoms with E-state index < -0.39 is 0 Å². The molecule has 0 bridgehead atoms. The highest BCUT2D eigenvalue weighted by Crippen LogP contribution is 2.29. The summed E-state index contributed by atoms with van der Waals surface area (Å²) in [7, 11) is 0. The molecular weight excluding hydrogens is 365 g/mol. The molecule has 0 aliphatic heterocycles. The second-order valence-corrected chi connectivity index (χ2v) is 5.37. The van der Waals surface area contributed by atoms with Crippen molar-refractivity contribution in [3.8, 4) is 17.6 Å². The first-order valence-electron chi connectivity index (χ1n) is 6.27. The van der Waals surface area contributed by atoms with Crippen LogP contribution in [0.3, 0.4) is 0 Å². The highest BCUT2D eigenvalue weighted by atomic mass is 127. The van der Waals surface area contributed by atoms with Gasteiger partial charge >= 0.3 is 0 Å². The second-order valence-electron chi connectivity index (χ2n) is 4.12. The SMILES string of the molecule is CCOc1cc(C#N)ccc1OCc1cccc(I)c1. The fourth-order valence-electron chi connectivity index (χ4n) is 1.75. The van der Waals surface area contributed by atoms with E-state index in [0.717, 1.165) is 5.56 Å². The highest BCUT2D eigenvalue weighted by Gasteiger charge is 2.07. The maximum Gasteiger partial charge on any atom is 0.162 e. The molecule has 0 fully saturated rings. The van der Waals surface area contributed by atoms with Crippen molar-refractivity contribution in [1.82, 2.24) is 0 Å². The van der Waals surface area contributed by atoms with Crippen molar-refractivity contribution in [3.05, 3.63) is 57.2 Å². The molecule has 0 unspecified atom stereocenters. The molecule has 0 aliphatic rings. The van der Waals surface area contributed by atoms with Gasteiger partial charge in [-0.05, 0) is 59.3 Å². The fraction of sp³-hybridized carbons (Fsp3) is 0.188. The van der Waals surface area contributed by atoms with Crippen LogP contribution >= 0.6 is 22.6 Å². The van der Waals surface area contributed by atoms with Crippen molar-refractivity contribution in [1.29, 1.82) is 5.26 Å². The first-order chi connectivity index (χ1) is 9.72. The first kappa shape index (κ1) is 14.7. The van der Waals surface area contributed by atoms with Crippen LogP contribution in [0.2, 0.25) is 0 Å². The van der Waals surface area contributed by atoms with E-state index in [0.29, 0.717) is 30.3 Å². The van der Waals surface area contributed by atoms with Crippen LogP contribution in [-0.2, 0) is 6.61 Å². The molecule has 20 heavy (non-hydrogen) atoms. The lowest BCUT2D eigenvalue weighted by Crippen LogP contribution is -2.00. The summed E-state index contributed by atoms with van der Waals surface area (Å²) >= 11 is 2.27. The predicted octanol–water partition coefficient (Wildman–Crippen LogP) is 4.14. The van der Waals surface area contributed by atoms with E-state index in [1.807, 2.05) is 25.1 Å². The molecule has 3 nitrogen and oxygen atoms in total. The van der Waals surface area contributed by atoms with Gasteiger partial charge in [-0.3, -0.25) is 0 Å². The van der Waals surface area contributed by atoms with Gasteiger partial charge in [-0.25, -0.2) is 0 Å². The van der Waals surface area contributed by atoms with E-state index in [9.17, 15) is 0 Å². The molecule has 0 amide bonds. The molecule has 0 heterocycles. The Hall–Kier alpha value is -1.74. The van der Waals surface area contributed by atoms with Crippen molar-refractivity contribution in [2.24, 2.45) is 0 Å². The van der Waals surface area contributed by atoms with Crippen molar-refractivity contribution < 1.29 is 9.47 Å². The third kappa shape index (κ3) is 3.87. The van der Waals surface area contributed by atoms with E-state index in [1.165, 1.54) is 3.57 Å². The van der Waals surface area contributed by atoms with E-state index in [-0.39, 0.29) is 0 Å². The number of nitriles is 1. The van der Waals surface area contributed by atoms with Crippen LogP contribution in [0, 0.1) is 14.9 Å². The quantitative estimate of drug-likeness (QED) is 0.734. The number of ether oxygens (including phenoxy) is 2. The molecule has 0 radical (unpaired) electrons. The Bertz CT molecular complexity index is 635. The predicted molar refractivity (Wildman–Crippen MR) is 85.8 cm³/mol. The van der Waals surface area contributed by atoms with Gasteiger partial charge in [0.25, 0.3) is 0 Å². The molecule has 2 aromatic rings. The van der Waals surface area contributed by atoms with Gasteiger partial charge in [0.15, 0.2) is 11.5 Å². The summed E-state index contributed by atoms with van der Waals surface area (Å²) in [5, 5.41) is 8.91. The number of nitrogens with zero attached hydrogens (tertiary/aromatic N) is 1. The molecule has 2 rings (SSSR count). The zero-order chi connectivity index (χ0) is 14.4. The van der Waals surface area contributed by atoms with Gasteiger partial charge in [0, 0.05) is 9.64 Å². The van der Waals surface area contributed by atoms with Crippen LogP contribution in [0.25, 0.3) is 0 Å². The Morgan fingerprint density at radius 3 is 2.65 bits per heavy atom. The summed E-state index contributed by atoms with van der Waals surface area (Å²) in [5.74, 6) is 1.27. The Kier molecular flexibility index (Phi) is 5.24. The molecule has 4 heteroatoms. The van der Waals surface area contributed by atoms with Crippen molar-refractivity contribution in [2.75, 3.05) is 6.61 Å². The van der Waals surface area contributed by atoms with Crippen LogP contribution in [0.5, 0.6) is 11.5 Å². The molecule has 102 valence electrons. The zero-order valence-electron chi connectivity index (χ0n) is 11.1. The Labute approximate surface area is 132 Å². The third-order valence-corrected chi connectivity index (χ3v) is 3.33. The molecule has 0 saturated heterocycles. The van der Waals surface area contributed by atoms with Gasteiger partial charge in [-0.1, -0.05) is 12.1 Å². The number of hydrogen-bond donors (Lipinski definition) is 0. The van der Waals surface area contributed by atoms with Gasteiger partial charge in [0.1, 0.15) is 6.61 Å². The van der Waals surface area contributed by atoms with Gasteiger partial charge < -0.3 is 9.47 Å². The highest BCUT2D eigenvalue weighted by molar-refractivity contribution is 14.1. The van der Waals surface area contributed by atoms with Crippen molar-refractivity contribution in [3.63, 3.8) is 0 Å². The van der Waals surface area contributed by atoms with E-state index in [4.69, 9.17) is 14.7 Å². The second kappa shape index (κ2) is 7.15. The molecule has 0 spiro atoms. The van der Waals surface area contributed by atoms with Crippen LogP contribution in [-0.4, -0.2) is 6.61 Å². The molecule has 2 aromatic carbocycles. The maximum absolute atomic E-state index is 8.91. The number of halogens is 1. The summed E-state index contributed by atoms with van der Waals surface area (Å²) in [6, 6.07) is 15.4. The lowest BCUT2D eigenvalue weighted by atomic mass is 10.2. The van der Waals surface area contributed by atoms with Crippen molar-refractivity contribution in [2.45, 2.75) is 13.5 Å². The van der Waals surface area contributed by atoms with E-state index >= 15 is 0 Å². The van der Waals surface area contributed by atoms with Crippen molar-refractivity contribution >= 4 is 22.6 Å². The average Bonchev–Trinajstić information content (AvgIpc) is 2.46. The number of hydrogen-bond acceptors (Lipinski definition) is 3. The first-order valence-corrected chi connectivity index (χ1v) is 7.35. The summed E-state index contributed by atoms with van der Waals surface area (Å²) in [6.07, 6.45) is 0. The smallest absolute Gasteiger partial charge is 0.162 e. The Morgan fingerprint density at radius 1 is 1.10 bits per heavy atom. The van der Waals surface area contributed by atoms with Crippen LogP contribution in [0.4, 0.5) is 0 Å². The van der Waals surface area contributed by atoms with Crippen LogP contribution in [0.1, 0.15) is 18.1 Å². The topological polar surface area (TPSA) is 42.2 Å². The van der Waals surface area contributed by atoms with Gasteiger partial charge in [0.2, 0.25) is 0 Å². The fourth-order valence-corrected chi connectivity index (χ4v) is 2.36. The molecule has 0 aliphatic carbocycles. The molecule has 0 saturated carbocycles. The lowest BCUT2D eigenvalue weighted by Gasteiger charge is -2.12. The van der Waals surface area contributed by atoms with Gasteiger partial charge in [-0.2, -0.15) is 5.26 Å². The molecule has 0 N–H and O–H groups in total. The summed E-state index contributed by atoms with van der Waals surface area (Å²) in [4.78, 5) is 0. The number of rotatable bonds is 5. The van der Waals surface area contributed by atoms with Gasteiger partial charge in [0.05, 0.1) is 18.2 Å². The zero-order valence-corrected chi connectivity index (χ0v) is 13.3. The normalized spacial score (nSPS) is 9.85. The number of benzene rings is 2. The maximum atomic E-state index is 8.91. The molecule has 0 aromatic heterocycles. The van der Waals surface area contributed by atoms with E-state index in [2.05, 4.69) is 34.7 Å². The van der Waals surface area contributed by atoms with Crippen LogP contribution < -0.4 is 9.47 Å². The lowest BCUT2D eigenvalue weighted by molar-refractivity contribution is 0.269. The van der Waals surface area contributed by atoms with E-state index in [1.54, 1.807) is 18.2 Å². The Morgan fingerprint density at radius 2 is 1.95 bits per heavy atom. The minimum absolute atomic E-state index is 0.475. The summed E-state index contributed by atoms with van der Waals surface area (Å²) in [6.45, 7) is 2.92. The largest absolute Gasteiger partial charge is 0.490 e. The molecular formula is C16H14INO2. The van der Waals surface area contributed by atoms with Gasteiger partial charge in [-0.15, -0.1) is 0 Å². The van der Waals surface area contributed by atoms with Crippen LogP contribution in [0.15, 0.2) is 42.5 Å².